The molecule has 1 aromatic rings. The molecule has 0 bridgehead atoms. The van der Waals surface area contributed by atoms with Gasteiger partial charge < -0.3 is 4.74 Å². The summed E-state index contributed by atoms with van der Waals surface area (Å²) >= 11 is 9.35. The molecule has 1 aromatic carbocycles. The number of methoxy groups -OCH3 is 1. The molecule has 0 aliphatic heterocycles. The number of ether oxygens (including phenoxy) is 1. The third kappa shape index (κ3) is 3.50. The monoisotopic (exact) mass is 276 g/mol. The van der Waals surface area contributed by atoms with Crippen molar-refractivity contribution >= 4 is 27.5 Å². The molecule has 14 heavy (non-hydrogen) atoms. The highest BCUT2D eigenvalue weighted by Crippen LogP contribution is 2.24. The first-order chi connectivity index (χ1) is 6.63. The Morgan fingerprint density at radius 2 is 2.21 bits per heavy atom. The normalized spacial score (nSPS) is 12.6. The Morgan fingerprint density at radius 3 is 2.79 bits per heavy atom. The molecule has 0 amide bonds. The number of hydrogen-bond acceptors (Lipinski definition) is 1. The lowest BCUT2D eigenvalue weighted by Gasteiger charge is -2.09. The fourth-order valence-electron chi connectivity index (χ4n) is 1.30. The smallest absolute Gasteiger partial charge is 0.122 e. The first-order valence-corrected chi connectivity index (χ1v) is 5.83. The number of rotatable bonds is 4. The van der Waals surface area contributed by atoms with E-state index in [9.17, 15) is 0 Å². The lowest BCUT2D eigenvalue weighted by molar-refractivity contribution is 0.409. The highest BCUT2D eigenvalue weighted by molar-refractivity contribution is 9.10. The van der Waals surface area contributed by atoms with Gasteiger partial charge in [0.1, 0.15) is 5.75 Å². The maximum atomic E-state index is 5.91. The molecule has 3 heteroatoms. The minimum absolute atomic E-state index is 0.207. The zero-order chi connectivity index (χ0) is 10.6. The van der Waals surface area contributed by atoms with Crippen LogP contribution in [0.4, 0.5) is 0 Å². The molecule has 78 valence electrons. The number of alkyl halides is 1. The van der Waals surface area contributed by atoms with Crippen molar-refractivity contribution in [3.63, 3.8) is 0 Å². The van der Waals surface area contributed by atoms with E-state index in [1.807, 2.05) is 19.1 Å². The van der Waals surface area contributed by atoms with E-state index in [4.69, 9.17) is 16.3 Å². The molecule has 1 atom stereocenters. The molecule has 1 unspecified atom stereocenters. The highest BCUT2D eigenvalue weighted by atomic mass is 79.9. The molecule has 0 aliphatic rings. The largest absolute Gasteiger partial charge is 0.496 e. The summed E-state index contributed by atoms with van der Waals surface area (Å²) in [6, 6.07) is 6.03. The first kappa shape index (κ1) is 11.9. The Balaban J connectivity index is 2.77. The predicted octanol–water partition coefficient (Wildman–Crippen LogP) is 4.02. The van der Waals surface area contributed by atoms with Gasteiger partial charge in [0.05, 0.1) is 7.11 Å². The number of benzene rings is 1. The van der Waals surface area contributed by atoms with Crippen LogP contribution in [0.5, 0.6) is 5.75 Å². The Morgan fingerprint density at radius 1 is 1.50 bits per heavy atom. The van der Waals surface area contributed by atoms with E-state index in [-0.39, 0.29) is 5.38 Å². The summed E-state index contributed by atoms with van der Waals surface area (Å²) in [7, 11) is 1.69. The van der Waals surface area contributed by atoms with Gasteiger partial charge >= 0.3 is 0 Å². The summed E-state index contributed by atoms with van der Waals surface area (Å²) in [5, 5.41) is 0.207. The van der Waals surface area contributed by atoms with Crippen LogP contribution >= 0.6 is 27.5 Å². The maximum absolute atomic E-state index is 5.91. The van der Waals surface area contributed by atoms with E-state index in [0.717, 1.165) is 23.1 Å². The Hall–Kier alpha value is -0.210. The predicted molar refractivity (Wildman–Crippen MR) is 64.3 cm³/mol. The van der Waals surface area contributed by atoms with Gasteiger partial charge in [0, 0.05) is 9.85 Å². The van der Waals surface area contributed by atoms with E-state index in [0.29, 0.717) is 0 Å². The van der Waals surface area contributed by atoms with Crippen LogP contribution in [-0.4, -0.2) is 12.5 Å². The van der Waals surface area contributed by atoms with Gasteiger partial charge in [-0.05, 0) is 43.5 Å². The quantitative estimate of drug-likeness (QED) is 0.755. The molecular weight excluding hydrogens is 263 g/mol. The molecule has 0 aromatic heterocycles. The average Bonchev–Trinajstić information content (AvgIpc) is 2.15. The molecule has 0 radical (unpaired) electrons. The molecule has 1 nitrogen and oxygen atoms in total. The van der Waals surface area contributed by atoms with E-state index in [1.54, 1.807) is 7.11 Å². The lowest BCUT2D eigenvalue weighted by Crippen LogP contribution is -1.97. The topological polar surface area (TPSA) is 9.23 Å². The Kier molecular flexibility index (Phi) is 4.76. The average molecular weight is 278 g/mol. The van der Waals surface area contributed by atoms with Crippen molar-refractivity contribution in [2.45, 2.75) is 25.1 Å². The van der Waals surface area contributed by atoms with Crippen molar-refractivity contribution in [3.05, 3.63) is 28.2 Å². The molecule has 0 N–H and O–H groups in total. The second kappa shape index (κ2) is 5.62. The van der Waals surface area contributed by atoms with E-state index in [1.165, 1.54) is 5.56 Å². The summed E-state index contributed by atoms with van der Waals surface area (Å²) < 4.78 is 6.35. The van der Waals surface area contributed by atoms with Crippen LogP contribution in [0, 0.1) is 0 Å². The second-order valence-electron chi connectivity index (χ2n) is 3.28. The van der Waals surface area contributed by atoms with Crippen LogP contribution in [0.25, 0.3) is 0 Å². The summed E-state index contributed by atoms with van der Waals surface area (Å²) in [4.78, 5) is 0. The molecule has 0 fully saturated rings. The first-order valence-electron chi connectivity index (χ1n) is 4.60. The minimum atomic E-state index is 0.207. The number of aryl methyl sites for hydroxylation is 1. The van der Waals surface area contributed by atoms with Gasteiger partial charge in [0.2, 0.25) is 0 Å². The summed E-state index contributed by atoms with van der Waals surface area (Å²) in [5.41, 5.74) is 1.20. The van der Waals surface area contributed by atoms with Crippen molar-refractivity contribution in [1.82, 2.24) is 0 Å². The molecule has 0 saturated carbocycles. The second-order valence-corrected chi connectivity index (χ2v) is 4.94. The van der Waals surface area contributed by atoms with Crippen molar-refractivity contribution in [2.75, 3.05) is 7.11 Å². The van der Waals surface area contributed by atoms with Gasteiger partial charge in [-0.2, -0.15) is 0 Å². The number of halogens is 2. The molecular formula is C11H14BrClO. The van der Waals surface area contributed by atoms with E-state index >= 15 is 0 Å². The molecule has 0 heterocycles. The van der Waals surface area contributed by atoms with Crippen LogP contribution in [0.3, 0.4) is 0 Å². The van der Waals surface area contributed by atoms with E-state index < -0.39 is 0 Å². The minimum Gasteiger partial charge on any atom is -0.496 e. The zero-order valence-electron chi connectivity index (χ0n) is 8.39. The van der Waals surface area contributed by atoms with Crippen LogP contribution < -0.4 is 4.74 Å². The maximum Gasteiger partial charge on any atom is 0.122 e. The molecule has 0 saturated heterocycles. The van der Waals surface area contributed by atoms with Crippen LogP contribution in [0.1, 0.15) is 18.9 Å². The highest BCUT2D eigenvalue weighted by Gasteiger charge is 2.05. The fourth-order valence-corrected chi connectivity index (χ4v) is 1.81. The summed E-state index contributed by atoms with van der Waals surface area (Å²) in [5.74, 6) is 0.936. The third-order valence-corrected chi connectivity index (χ3v) is 2.77. The van der Waals surface area contributed by atoms with Gasteiger partial charge in [-0.25, -0.2) is 0 Å². The van der Waals surface area contributed by atoms with Crippen LogP contribution in [-0.2, 0) is 6.42 Å². The molecule has 0 spiro atoms. The van der Waals surface area contributed by atoms with Gasteiger partial charge in [-0.1, -0.05) is 15.9 Å². The van der Waals surface area contributed by atoms with Crippen LogP contribution in [0.15, 0.2) is 22.7 Å². The Bertz CT molecular complexity index is 299. The van der Waals surface area contributed by atoms with Gasteiger partial charge in [-0.3, -0.25) is 0 Å². The lowest BCUT2D eigenvalue weighted by atomic mass is 10.1. The zero-order valence-corrected chi connectivity index (χ0v) is 10.7. The number of hydrogen-bond donors (Lipinski definition) is 0. The van der Waals surface area contributed by atoms with Crippen molar-refractivity contribution in [2.24, 2.45) is 0 Å². The summed E-state index contributed by atoms with van der Waals surface area (Å²) in [6.07, 6.45) is 1.92. The van der Waals surface area contributed by atoms with Crippen molar-refractivity contribution in [3.8, 4) is 5.75 Å². The fraction of sp³-hybridized carbons (Fsp3) is 0.455. The van der Waals surface area contributed by atoms with Gasteiger partial charge in [0.15, 0.2) is 0 Å². The SMILES string of the molecule is COc1ccc(Br)cc1CCC(C)Cl. The molecule has 1 rings (SSSR count). The summed E-state index contributed by atoms with van der Waals surface area (Å²) in [6.45, 7) is 2.01. The van der Waals surface area contributed by atoms with Gasteiger partial charge in [0.25, 0.3) is 0 Å². The van der Waals surface area contributed by atoms with Gasteiger partial charge in [-0.15, -0.1) is 11.6 Å². The van der Waals surface area contributed by atoms with Crippen LogP contribution in [0.2, 0.25) is 0 Å². The van der Waals surface area contributed by atoms with Crippen molar-refractivity contribution in [1.29, 1.82) is 0 Å². The van der Waals surface area contributed by atoms with Crippen molar-refractivity contribution < 1.29 is 4.74 Å². The molecule has 0 aliphatic carbocycles. The standard InChI is InChI=1S/C11H14BrClO/c1-8(13)3-4-9-7-10(12)5-6-11(9)14-2/h5-8H,3-4H2,1-2H3. The Labute approximate surface area is 98.5 Å². The van der Waals surface area contributed by atoms with E-state index in [2.05, 4.69) is 22.0 Å². The third-order valence-electron chi connectivity index (χ3n) is 2.05.